The minimum absolute atomic E-state index is 0.0864. The fourth-order valence-electron chi connectivity index (χ4n) is 1.40. The number of benzene rings is 1. The Morgan fingerprint density at radius 1 is 1.43 bits per heavy atom. The van der Waals surface area contributed by atoms with Crippen molar-refractivity contribution >= 4 is 28.4 Å². The van der Waals surface area contributed by atoms with Gasteiger partial charge in [0.05, 0.1) is 5.02 Å². The maximum atomic E-state index is 11.1. The van der Waals surface area contributed by atoms with Gasteiger partial charge in [-0.3, -0.25) is 4.79 Å². The van der Waals surface area contributed by atoms with Gasteiger partial charge in [-0.2, -0.15) is 0 Å². The van der Waals surface area contributed by atoms with E-state index < -0.39 is 0 Å². The number of aryl methyl sites for hydroxylation is 1. The van der Waals surface area contributed by atoms with Crippen LogP contribution < -0.4 is 0 Å². The second-order valence-electron chi connectivity index (χ2n) is 3.27. The van der Waals surface area contributed by atoms with Gasteiger partial charge < -0.3 is 4.42 Å². The van der Waals surface area contributed by atoms with Crippen LogP contribution in [0, 0.1) is 6.92 Å². The maximum Gasteiger partial charge on any atom is 0.194 e. The maximum absolute atomic E-state index is 11.1. The highest BCUT2D eigenvalue weighted by Crippen LogP contribution is 2.29. The van der Waals surface area contributed by atoms with Crippen LogP contribution in [0.2, 0.25) is 5.02 Å². The van der Waals surface area contributed by atoms with Crippen molar-refractivity contribution in [3.63, 3.8) is 0 Å². The van der Waals surface area contributed by atoms with E-state index in [0.717, 1.165) is 10.9 Å². The predicted octanol–water partition coefficient (Wildman–Crippen LogP) is 3.60. The van der Waals surface area contributed by atoms with Crippen LogP contribution in [-0.4, -0.2) is 5.78 Å². The normalized spacial score (nSPS) is 10.8. The molecule has 0 amide bonds. The van der Waals surface area contributed by atoms with Crippen LogP contribution in [0.25, 0.3) is 11.0 Å². The molecule has 14 heavy (non-hydrogen) atoms. The zero-order valence-electron chi connectivity index (χ0n) is 7.93. The summed E-state index contributed by atoms with van der Waals surface area (Å²) in [6, 6.07) is 5.36. The van der Waals surface area contributed by atoms with Gasteiger partial charge in [0.15, 0.2) is 11.5 Å². The quantitative estimate of drug-likeness (QED) is 0.671. The number of hydrogen-bond acceptors (Lipinski definition) is 2. The Balaban J connectivity index is 2.82. The number of fused-ring (bicyclic) bond motifs is 1. The number of furan rings is 1. The van der Waals surface area contributed by atoms with Crippen molar-refractivity contribution in [1.82, 2.24) is 0 Å². The summed E-state index contributed by atoms with van der Waals surface area (Å²) >= 11 is 5.98. The summed E-state index contributed by atoms with van der Waals surface area (Å²) in [5, 5.41) is 1.42. The molecule has 0 saturated carbocycles. The van der Waals surface area contributed by atoms with Crippen molar-refractivity contribution in [3.05, 3.63) is 34.5 Å². The van der Waals surface area contributed by atoms with Crippen molar-refractivity contribution in [2.24, 2.45) is 0 Å². The molecular formula is C11H9ClO2. The summed E-state index contributed by atoms with van der Waals surface area (Å²) in [6.45, 7) is 3.40. The first-order valence-corrected chi connectivity index (χ1v) is 4.67. The van der Waals surface area contributed by atoms with Gasteiger partial charge >= 0.3 is 0 Å². The number of carbonyl (C=O) groups is 1. The third kappa shape index (κ3) is 1.32. The molecule has 2 aromatic rings. The van der Waals surface area contributed by atoms with E-state index in [1.54, 1.807) is 12.1 Å². The van der Waals surface area contributed by atoms with Crippen LogP contribution in [0.3, 0.4) is 0 Å². The summed E-state index contributed by atoms with van der Waals surface area (Å²) in [4.78, 5) is 11.1. The largest absolute Gasteiger partial charge is 0.453 e. The Morgan fingerprint density at radius 2 is 2.14 bits per heavy atom. The second kappa shape index (κ2) is 3.14. The zero-order chi connectivity index (χ0) is 10.3. The summed E-state index contributed by atoms with van der Waals surface area (Å²) in [5.41, 5.74) is 1.68. The number of carbonyl (C=O) groups excluding carboxylic acids is 1. The van der Waals surface area contributed by atoms with Gasteiger partial charge in [0.2, 0.25) is 0 Å². The van der Waals surface area contributed by atoms with Gasteiger partial charge in [-0.05, 0) is 24.6 Å². The van der Waals surface area contributed by atoms with E-state index in [4.69, 9.17) is 16.0 Å². The Hall–Kier alpha value is -1.28. The second-order valence-corrected chi connectivity index (χ2v) is 3.68. The Bertz CT molecular complexity index is 472. The van der Waals surface area contributed by atoms with E-state index in [2.05, 4.69) is 0 Å². The molecule has 0 N–H and O–H groups in total. The molecule has 2 nitrogen and oxygen atoms in total. The Kier molecular flexibility index (Phi) is 2.08. The lowest BCUT2D eigenvalue weighted by Gasteiger charge is -1.95. The lowest BCUT2D eigenvalue weighted by Crippen LogP contribution is -1.85. The van der Waals surface area contributed by atoms with Crippen LogP contribution in [0.4, 0.5) is 0 Å². The third-order valence-electron chi connectivity index (χ3n) is 2.17. The molecule has 0 fully saturated rings. The zero-order valence-corrected chi connectivity index (χ0v) is 8.68. The summed E-state index contributed by atoms with van der Waals surface area (Å²) < 4.78 is 5.41. The first kappa shape index (κ1) is 9.28. The van der Waals surface area contributed by atoms with Gasteiger partial charge in [-0.15, -0.1) is 0 Å². The van der Waals surface area contributed by atoms with Gasteiger partial charge in [0.1, 0.15) is 5.58 Å². The monoisotopic (exact) mass is 208 g/mol. The van der Waals surface area contributed by atoms with Crippen LogP contribution >= 0.6 is 11.6 Å². The van der Waals surface area contributed by atoms with Crippen LogP contribution in [0.15, 0.2) is 22.6 Å². The fraction of sp³-hybridized carbons (Fsp3) is 0.182. The highest BCUT2D eigenvalue weighted by molar-refractivity contribution is 6.35. The summed E-state index contributed by atoms with van der Waals surface area (Å²) in [5.74, 6) is 0.271. The number of halogens is 1. The minimum atomic E-state index is -0.0864. The molecule has 1 aromatic carbocycles. The fourth-order valence-corrected chi connectivity index (χ4v) is 1.60. The topological polar surface area (TPSA) is 30.2 Å². The van der Waals surface area contributed by atoms with E-state index in [-0.39, 0.29) is 5.78 Å². The lowest BCUT2D eigenvalue weighted by molar-refractivity contribution is 0.0989. The van der Waals surface area contributed by atoms with Crippen molar-refractivity contribution in [2.75, 3.05) is 0 Å². The molecule has 0 aliphatic heterocycles. The molecule has 2 rings (SSSR count). The molecule has 0 spiro atoms. The van der Waals surface area contributed by atoms with Crippen molar-refractivity contribution in [1.29, 1.82) is 0 Å². The van der Waals surface area contributed by atoms with E-state index in [0.29, 0.717) is 16.4 Å². The van der Waals surface area contributed by atoms with E-state index in [1.807, 2.05) is 13.0 Å². The predicted molar refractivity (Wildman–Crippen MR) is 56.0 cm³/mol. The van der Waals surface area contributed by atoms with E-state index >= 15 is 0 Å². The molecule has 0 bridgehead atoms. The minimum Gasteiger partial charge on any atom is -0.453 e. The average molecular weight is 209 g/mol. The molecule has 0 atom stereocenters. The highest BCUT2D eigenvalue weighted by atomic mass is 35.5. The molecule has 0 unspecified atom stereocenters. The number of Topliss-reactive ketones (excluding diaryl/α,β-unsaturated/α-hetero) is 1. The SMILES string of the molecule is CC(=O)c1cc2c(Cl)ccc(C)c2o1. The van der Waals surface area contributed by atoms with Crippen molar-refractivity contribution < 1.29 is 9.21 Å². The number of rotatable bonds is 1. The molecule has 72 valence electrons. The highest BCUT2D eigenvalue weighted by Gasteiger charge is 2.11. The standard InChI is InChI=1S/C11H9ClO2/c1-6-3-4-9(12)8-5-10(7(2)13)14-11(6)8/h3-5H,1-2H3. The molecule has 0 aliphatic rings. The van der Waals surface area contributed by atoms with Crippen LogP contribution in [-0.2, 0) is 0 Å². The number of ketones is 1. The summed E-state index contributed by atoms with van der Waals surface area (Å²) in [6.07, 6.45) is 0. The number of hydrogen-bond donors (Lipinski definition) is 0. The van der Waals surface area contributed by atoms with Gasteiger partial charge in [-0.25, -0.2) is 0 Å². The Labute approximate surface area is 86.5 Å². The smallest absolute Gasteiger partial charge is 0.194 e. The van der Waals surface area contributed by atoms with Gasteiger partial charge in [-0.1, -0.05) is 17.7 Å². The molecule has 0 saturated heterocycles. The third-order valence-corrected chi connectivity index (χ3v) is 2.50. The van der Waals surface area contributed by atoms with Gasteiger partial charge in [0, 0.05) is 12.3 Å². The Morgan fingerprint density at radius 3 is 2.71 bits per heavy atom. The van der Waals surface area contributed by atoms with E-state index in [1.165, 1.54) is 6.92 Å². The van der Waals surface area contributed by atoms with Crippen LogP contribution in [0.5, 0.6) is 0 Å². The van der Waals surface area contributed by atoms with Crippen LogP contribution in [0.1, 0.15) is 23.0 Å². The first-order chi connectivity index (χ1) is 6.59. The molecule has 0 radical (unpaired) electrons. The lowest BCUT2D eigenvalue weighted by atomic mass is 10.2. The van der Waals surface area contributed by atoms with Crippen molar-refractivity contribution in [3.8, 4) is 0 Å². The molecular weight excluding hydrogens is 200 g/mol. The molecule has 1 heterocycles. The van der Waals surface area contributed by atoms with Crippen molar-refractivity contribution in [2.45, 2.75) is 13.8 Å². The first-order valence-electron chi connectivity index (χ1n) is 4.29. The summed E-state index contributed by atoms with van der Waals surface area (Å²) in [7, 11) is 0. The van der Waals surface area contributed by atoms with E-state index in [9.17, 15) is 4.79 Å². The van der Waals surface area contributed by atoms with Gasteiger partial charge in [0.25, 0.3) is 0 Å². The molecule has 3 heteroatoms. The molecule has 0 aliphatic carbocycles. The molecule has 1 aromatic heterocycles. The average Bonchev–Trinajstić information content (AvgIpc) is 2.57.